The lowest BCUT2D eigenvalue weighted by atomic mass is 10.2. The molecule has 26 heavy (non-hydrogen) atoms. The van der Waals surface area contributed by atoms with Crippen LogP contribution in [0.15, 0.2) is 67.0 Å². The van der Waals surface area contributed by atoms with Crippen molar-refractivity contribution in [3.05, 3.63) is 72.6 Å². The number of fused-ring (bicyclic) bond motifs is 1. The molecular weight excluding hydrogens is 330 g/mol. The zero-order valence-corrected chi connectivity index (χ0v) is 14.4. The number of para-hydroxylation sites is 3. The van der Waals surface area contributed by atoms with Crippen LogP contribution in [-0.4, -0.2) is 40.3 Å². The van der Waals surface area contributed by atoms with Crippen LogP contribution >= 0.6 is 0 Å². The Morgan fingerprint density at radius 2 is 1.88 bits per heavy atom. The minimum absolute atomic E-state index is 0.119. The lowest BCUT2D eigenvalue weighted by Gasteiger charge is -2.28. The number of rotatable bonds is 4. The molecule has 1 aliphatic heterocycles. The summed E-state index contributed by atoms with van der Waals surface area (Å²) in [5, 5.41) is 4.36. The Bertz CT molecular complexity index is 907. The van der Waals surface area contributed by atoms with E-state index < -0.39 is 6.10 Å². The second-order valence-corrected chi connectivity index (χ2v) is 6.19. The van der Waals surface area contributed by atoms with Gasteiger partial charge in [0.05, 0.1) is 11.9 Å². The SMILES string of the molecule is CN(Cc1cnn(-c2ccccc2)c1)C(=O)C1COc2ccccc2O1. The molecule has 4 rings (SSSR count). The second kappa shape index (κ2) is 6.92. The summed E-state index contributed by atoms with van der Waals surface area (Å²) in [6.07, 6.45) is 3.05. The van der Waals surface area contributed by atoms with E-state index in [2.05, 4.69) is 5.10 Å². The van der Waals surface area contributed by atoms with Crippen molar-refractivity contribution >= 4 is 5.91 Å². The second-order valence-electron chi connectivity index (χ2n) is 6.19. The first-order valence-electron chi connectivity index (χ1n) is 8.43. The van der Waals surface area contributed by atoms with E-state index in [1.165, 1.54) is 0 Å². The van der Waals surface area contributed by atoms with Crippen molar-refractivity contribution in [3.63, 3.8) is 0 Å². The largest absolute Gasteiger partial charge is 0.485 e. The Labute approximate surface area is 151 Å². The summed E-state index contributed by atoms with van der Waals surface area (Å²) in [4.78, 5) is 14.3. The number of carbonyl (C=O) groups is 1. The number of carbonyl (C=O) groups excluding carboxylic acids is 1. The minimum Gasteiger partial charge on any atom is -0.485 e. The number of aromatic nitrogens is 2. The van der Waals surface area contributed by atoms with Crippen molar-refractivity contribution in [3.8, 4) is 17.2 Å². The standard InChI is InChI=1S/C20H19N3O3/c1-22(12-15-11-21-23(13-15)16-7-3-2-4-8-16)20(24)19-14-25-17-9-5-6-10-18(17)26-19/h2-11,13,19H,12,14H2,1H3. The van der Waals surface area contributed by atoms with Crippen LogP contribution in [0.25, 0.3) is 5.69 Å². The lowest BCUT2D eigenvalue weighted by molar-refractivity contribution is -0.140. The Balaban J connectivity index is 1.42. The molecule has 0 saturated carbocycles. The molecule has 3 aromatic rings. The van der Waals surface area contributed by atoms with Crippen LogP contribution in [0.5, 0.6) is 11.5 Å². The monoisotopic (exact) mass is 349 g/mol. The van der Waals surface area contributed by atoms with Gasteiger partial charge >= 0.3 is 0 Å². The Morgan fingerprint density at radius 3 is 2.69 bits per heavy atom. The number of nitrogens with zero attached hydrogens (tertiary/aromatic N) is 3. The van der Waals surface area contributed by atoms with Crippen molar-refractivity contribution < 1.29 is 14.3 Å². The van der Waals surface area contributed by atoms with E-state index in [1.807, 2.05) is 54.7 Å². The van der Waals surface area contributed by atoms with Crippen LogP contribution in [0.4, 0.5) is 0 Å². The number of hydrogen-bond acceptors (Lipinski definition) is 4. The minimum atomic E-state index is -0.640. The third-order valence-electron chi connectivity index (χ3n) is 4.24. The van der Waals surface area contributed by atoms with E-state index in [9.17, 15) is 4.79 Å². The molecule has 0 radical (unpaired) electrons. The molecule has 6 nitrogen and oxygen atoms in total. The van der Waals surface area contributed by atoms with Crippen LogP contribution in [0.2, 0.25) is 0 Å². The van der Waals surface area contributed by atoms with Crippen molar-refractivity contribution in [1.29, 1.82) is 0 Å². The van der Waals surface area contributed by atoms with Gasteiger partial charge in [-0.15, -0.1) is 0 Å². The van der Waals surface area contributed by atoms with Crippen molar-refractivity contribution in [2.45, 2.75) is 12.6 Å². The maximum atomic E-state index is 12.7. The van der Waals surface area contributed by atoms with Gasteiger partial charge in [-0.05, 0) is 24.3 Å². The molecule has 0 fully saturated rings. The first kappa shape index (κ1) is 16.2. The van der Waals surface area contributed by atoms with E-state index in [0.29, 0.717) is 18.0 Å². The van der Waals surface area contributed by atoms with Crippen LogP contribution < -0.4 is 9.47 Å². The Morgan fingerprint density at radius 1 is 1.15 bits per heavy atom. The van der Waals surface area contributed by atoms with Gasteiger partial charge in [0, 0.05) is 25.4 Å². The van der Waals surface area contributed by atoms with Crippen molar-refractivity contribution in [2.24, 2.45) is 0 Å². The molecular formula is C20H19N3O3. The maximum absolute atomic E-state index is 12.7. The highest BCUT2D eigenvalue weighted by Gasteiger charge is 2.29. The maximum Gasteiger partial charge on any atom is 0.267 e. The zero-order chi connectivity index (χ0) is 17.9. The molecule has 0 aliphatic carbocycles. The lowest BCUT2D eigenvalue weighted by Crippen LogP contribution is -2.44. The molecule has 0 bridgehead atoms. The summed E-state index contributed by atoms with van der Waals surface area (Å²) in [6.45, 7) is 0.663. The van der Waals surface area contributed by atoms with Crippen LogP contribution in [0, 0.1) is 0 Å². The third-order valence-corrected chi connectivity index (χ3v) is 4.24. The summed E-state index contributed by atoms with van der Waals surface area (Å²) in [5.41, 5.74) is 1.93. The third kappa shape index (κ3) is 3.26. The molecule has 0 N–H and O–H groups in total. The van der Waals surface area contributed by atoms with Gasteiger partial charge in [-0.3, -0.25) is 4.79 Å². The highest BCUT2D eigenvalue weighted by molar-refractivity contribution is 5.81. The van der Waals surface area contributed by atoms with E-state index in [4.69, 9.17) is 9.47 Å². The smallest absolute Gasteiger partial charge is 0.267 e. The normalized spacial score (nSPS) is 15.5. The molecule has 2 heterocycles. The number of benzene rings is 2. The average molecular weight is 349 g/mol. The van der Waals surface area contributed by atoms with Gasteiger partial charge in [-0.25, -0.2) is 4.68 Å². The first-order valence-corrected chi connectivity index (χ1v) is 8.43. The van der Waals surface area contributed by atoms with E-state index in [1.54, 1.807) is 28.9 Å². The predicted octanol–water partition coefficient (Wildman–Crippen LogP) is 2.67. The number of hydrogen-bond donors (Lipinski definition) is 0. The van der Waals surface area contributed by atoms with Gasteiger partial charge in [0.1, 0.15) is 6.61 Å². The topological polar surface area (TPSA) is 56.6 Å². The van der Waals surface area contributed by atoms with Crippen LogP contribution in [-0.2, 0) is 11.3 Å². The highest BCUT2D eigenvalue weighted by Crippen LogP contribution is 2.31. The first-order chi connectivity index (χ1) is 12.7. The summed E-state index contributed by atoms with van der Waals surface area (Å²) in [7, 11) is 1.76. The number of likely N-dealkylation sites (N-methyl/N-ethyl adjacent to an activating group) is 1. The summed E-state index contributed by atoms with van der Waals surface area (Å²) < 4.78 is 13.2. The highest BCUT2D eigenvalue weighted by atomic mass is 16.6. The molecule has 1 aromatic heterocycles. The van der Waals surface area contributed by atoms with Gasteiger partial charge in [0.2, 0.25) is 6.10 Å². The van der Waals surface area contributed by atoms with Crippen LogP contribution in [0.1, 0.15) is 5.56 Å². The van der Waals surface area contributed by atoms with Crippen LogP contribution in [0.3, 0.4) is 0 Å². The van der Waals surface area contributed by atoms with Gasteiger partial charge in [-0.2, -0.15) is 5.10 Å². The van der Waals surface area contributed by atoms with E-state index in [0.717, 1.165) is 11.3 Å². The summed E-state index contributed by atoms with van der Waals surface area (Å²) in [6, 6.07) is 17.2. The molecule has 1 atom stereocenters. The summed E-state index contributed by atoms with van der Waals surface area (Å²) >= 11 is 0. The van der Waals surface area contributed by atoms with Gasteiger partial charge in [0.25, 0.3) is 5.91 Å². The Kier molecular flexibility index (Phi) is 4.31. The molecule has 1 aliphatic rings. The zero-order valence-electron chi connectivity index (χ0n) is 14.4. The number of ether oxygens (including phenoxy) is 2. The fraction of sp³-hybridized carbons (Fsp3) is 0.200. The molecule has 0 spiro atoms. The molecule has 132 valence electrons. The van der Waals surface area contributed by atoms with Gasteiger partial charge in [-0.1, -0.05) is 30.3 Å². The molecule has 0 saturated heterocycles. The Hall–Kier alpha value is -3.28. The molecule has 1 unspecified atom stereocenters. The fourth-order valence-electron chi connectivity index (χ4n) is 2.90. The summed E-state index contributed by atoms with van der Waals surface area (Å²) in [5.74, 6) is 1.15. The molecule has 2 aromatic carbocycles. The van der Waals surface area contributed by atoms with Crippen molar-refractivity contribution in [1.82, 2.24) is 14.7 Å². The molecule has 6 heteroatoms. The van der Waals surface area contributed by atoms with E-state index in [-0.39, 0.29) is 12.5 Å². The fourth-order valence-corrected chi connectivity index (χ4v) is 2.90. The quantitative estimate of drug-likeness (QED) is 0.727. The molecule has 1 amide bonds. The van der Waals surface area contributed by atoms with Gasteiger partial charge < -0.3 is 14.4 Å². The average Bonchev–Trinajstić information content (AvgIpc) is 3.16. The van der Waals surface area contributed by atoms with Gasteiger partial charge in [0.15, 0.2) is 11.5 Å². The van der Waals surface area contributed by atoms with E-state index >= 15 is 0 Å². The predicted molar refractivity (Wildman–Crippen MR) is 96.4 cm³/mol. The number of amides is 1. The van der Waals surface area contributed by atoms with Crippen molar-refractivity contribution in [2.75, 3.05) is 13.7 Å².